The molecule has 11 heteroatoms. The molecule has 3 aromatic rings. The number of halogens is 1. The summed E-state index contributed by atoms with van der Waals surface area (Å²) in [6.07, 6.45) is 1.33. The van der Waals surface area contributed by atoms with Gasteiger partial charge in [0.1, 0.15) is 11.9 Å². The van der Waals surface area contributed by atoms with E-state index in [2.05, 4.69) is 26.0 Å². The van der Waals surface area contributed by atoms with E-state index in [4.69, 9.17) is 14.7 Å². The second kappa shape index (κ2) is 10.0. The number of aromatic nitrogens is 2. The Morgan fingerprint density at radius 1 is 1.29 bits per heavy atom. The van der Waals surface area contributed by atoms with Crippen molar-refractivity contribution < 1.29 is 14.4 Å². The maximum Gasteiger partial charge on any atom is 0.315 e. The van der Waals surface area contributed by atoms with Crippen molar-refractivity contribution in [1.29, 1.82) is 5.26 Å². The van der Waals surface area contributed by atoms with Crippen LogP contribution < -0.4 is 15.0 Å². The number of hydrogen-bond acceptors (Lipinski definition) is 8. The zero-order valence-corrected chi connectivity index (χ0v) is 20.6. The predicted octanol–water partition coefficient (Wildman–Crippen LogP) is 4.55. The SMILES string of the molecule is CCOc1cc(C=Nn2c(C(C)(C)C)nc3ccc(Br)cc3c2=O)cc([N+](=O)[O-])c1OCC#N. The number of nitro benzene ring substituents is 1. The first-order valence-corrected chi connectivity index (χ1v) is 11.1. The van der Waals surface area contributed by atoms with Crippen LogP contribution in [-0.4, -0.2) is 34.0 Å². The fourth-order valence-electron chi connectivity index (χ4n) is 3.20. The third-order valence-corrected chi connectivity index (χ3v) is 5.13. The Hall–Kier alpha value is -3.78. The lowest BCUT2D eigenvalue weighted by Gasteiger charge is -2.20. The average molecular weight is 528 g/mol. The Balaban J connectivity index is 2.21. The largest absolute Gasteiger partial charge is 0.490 e. The molecule has 0 aliphatic heterocycles. The smallest absolute Gasteiger partial charge is 0.315 e. The Kier molecular flexibility index (Phi) is 7.32. The van der Waals surface area contributed by atoms with E-state index in [1.54, 1.807) is 31.2 Å². The van der Waals surface area contributed by atoms with E-state index in [1.165, 1.54) is 23.0 Å². The van der Waals surface area contributed by atoms with Gasteiger partial charge in [-0.1, -0.05) is 36.7 Å². The number of nitriles is 1. The van der Waals surface area contributed by atoms with Crippen molar-refractivity contribution in [3.63, 3.8) is 0 Å². The Bertz CT molecular complexity index is 1390. The summed E-state index contributed by atoms with van der Waals surface area (Å²) in [5, 5.41) is 25.2. The van der Waals surface area contributed by atoms with Gasteiger partial charge in [0.25, 0.3) is 5.56 Å². The minimum atomic E-state index is -0.631. The Morgan fingerprint density at radius 3 is 2.65 bits per heavy atom. The maximum absolute atomic E-state index is 13.3. The molecule has 0 fully saturated rings. The van der Waals surface area contributed by atoms with E-state index in [1.807, 2.05) is 20.8 Å². The number of rotatable bonds is 7. The minimum absolute atomic E-state index is 0.0948. The molecule has 0 aliphatic rings. The van der Waals surface area contributed by atoms with Crippen LogP contribution in [0.4, 0.5) is 5.69 Å². The first-order valence-electron chi connectivity index (χ1n) is 10.3. The van der Waals surface area contributed by atoms with Crippen LogP contribution in [0.25, 0.3) is 10.9 Å². The third kappa shape index (κ3) is 5.23. The monoisotopic (exact) mass is 527 g/mol. The number of hydrogen-bond donors (Lipinski definition) is 0. The molecule has 10 nitrogen and oxygen atoms in total. The molecule has 1 aromatic heterocycles. The average Bonchev–Trinajstić information content (AvgIpc) is 2.77. The molecule has 176 valence electrons. The second-order valence-electron chi connectivity index (χ2n) is 8.21. The fourth-order valence-corrected chi connectivity index (χ4v) is 3.56. The van der Waals surface area contributed by atoms with Crippen molar-refractivity contribution in [3.05, 3.63) is 66.7 Å². The summed E-state index contributed by atoms with van der Waals surface area (Å²) in [6.45, 7) is 7.28. The predicted molar refractivity (Wildman–Crippen MR) is 131 cm³/mol. The standard InChI is InChI=1S/C23H22BrN5O5/c1-5-33-19-11-14(10-18(29(31)32)20(19)34-9-8-25)13-26-28-21(30)16-12-15(24)6-7-17(16)27-22(28)23(2,3)4/h6-7,10-13H,5,9H2,1-4H3. The maximum atomic E-state index is 13.3. The van der Waals surface area contributed by atoms with Crippen molar-refractivity contribution in [3.8, 4) is 17.6 Å². The molecule has 0 atom stereocenters. The Labute approximate surface area is 203 Å². The van der Waals surface area contributed by atoms with Crippen LogP contribution in [0, 0.1) is 21.4 Å². The zero-order valence-electron chi connectivity index (χ0n) is 19.0. The number of ether oxygens (including phenoxy) is 2. The molecule has 0 amide bonds. The van der Waals surface area contributed by atoms with Crippen LogP contribution in [0.5, 0.6) is 11.5 Å². The topological polar surface area (TPSA) is 133 Å². The second-order valence-corrected chi connectivity index (χ2v) is 9.13. The fraction of sp³-hybridized carbons (Fsp3) is 0.304. The number of nitrogens with zero attached hydrogens (tertiary/aromatic N) is 5. The van der Waals surface area contributed by atoms with Gasteiger partial charge in [0.15, 0.2) is 12.4 Å². The van der Waals surface area contributed by atoms with E-state index in [9.17, 15) is 14.9 Å². The van der Waals surface area contributed by atoms with Crippen molar-refractivity contribution in [2.45, 2.75) is 33.1 Å². The minimum Gasteiger partial charge on any atom is -0.490 e. The highest BCUT2D eigenvalue weighted by molar-refractivity contribution is 9.10. The highest BCUT2D eigenvalue weighted by Gasteiger charge is 2.24. The van der Waals surface area contributed by atoms with Crippen LogP contribution in [-0.2, 0) is 5.41 Å². The summed E-state index contributed by atoms with van der Waals surface area (Å²) in [5.41, 5.74) is -0.430. The summed E-state index contributed by atoms with van der Waals surface area (Å²) in [4.78, 5) is 29.0. The molecule has 0 unspecified atom stereocenters. The summed E-state index contributed by atoms with van der Waals surface area (Å²) in [6, 6.07) is 9.75. The van der Waals surface area contributed by atoms with Crippen LogP contribution in [0.3, 0.4) is 0 Å². The van der Waals surface area contributed by atoms with E-state index < -0.39 is 10.3 Å². The van der Waals surface area contributed by atoms with Gasteiger partial charge in [0, 0.05) is 21.5 Å². The number of benzene rings is 2. The van der Waals surface area contributed by atoms with Crippen LogP contribution in [0.15, 0.2) is 44.7 Å². The highest BCUT2D eigenvalue weighted by Crippen LogP contribution is 2.38. The van der Waals surface area contributed by atoms with Crippen LogP contribution in [0.2, 0.25) is 0 Å². The lowest BCUT2D eigenvalue weighted by atomic mass is 9.95. The van der Waals surface area contributed by atoms with Gasteiger partial charge in [0.05, 0.1) is 28.6 Å². The molecule has 0 saturated heterocycles. The van der Waals surface area contributed by atoms with Gasteiger partial charge in [-0.25, -0.2) is 4.98 Å². The van der Waals surface area contributed by atoms with Gasteiger partial charge < -0.3 is 9.47 Å². The molecule has 0 aliphatic carbocycles. The van der Waals surface area contributed by atoms with Crippen LogP contribution >= 0.6 is 15.9 Å². The van der Waals surface area contributed by atoms with Crippen LogP contribution in [0.1, 0.15) is 39.1 Å². The summed E-state index contributed by atoms with van der Waals surface area (Å²) < 4.78 is 12.7. The highest BCUT2D eigenvalue weighted by atomic mass is 79.9. The molecule has 2 aromatic carbocycles. The molecule has 3 rings (SSSR count). The lowest BCUT2D eigenvalue weighted by molar-refractivity contribution is -0.385. The lowest BCUT2D eigenvalue weighted by Crippen LogP contribution is -2.29. The summed E-state index contributed by atoms with van der Waals surface area (Å²) in [5.74, 6) is 0.379. The first kappa shape index (κ1) is 24.9. The molecule has 34 heavy (non-hydrogen) atoms. The normalized spacial score (nSPS) is 11.5. The summed E-state index contributed by atoms with van der Waals surface area (Å²) in [7, 11) is 0. The van der Waals surface area contributed by atoms with Gasteiger partial charge in [-0.15, -0.1) is 0 Å². The van der Waals surface area contributed by atoms with Gasteiger partial charge in [-0.2, -0.15) is 15.0 Å². The number of fused-ring (bicyclic) bond motifs is 1. The quantitative estimate of drug-likeness (QED) is 0.250. The molecule has 0 N–H and O–H groups in total. The summed E-state index contributed by atoms with van der Waals surface area (Å²) >= 11 is 3.37. The first-order chi connectivity index (χ1) is 16.1. The molecular formula is C23H22BrN5O5. The molecule has 0 bridgehead atoms. The van der Waals surface area contributed by atoms with Gasteiger partial charge in [-0.05, 0) is 31.2 Å². The molecule has 0 spiro atoms. The van der Waals surface area contributed by atoms with Gasteiger partial charge >= 0.3 is 5.69 Å². The van der Waals surface area contributed by atoms with E-state index in [-0.39, 0.29) is 36.0 Å². The number of nitro groups is 1. The van der Waals surface area contributed by atoms with Gasteiger partial charge in [-0.3, -0.25) is 14.9 Å². The third-order valence-electron chi connectivity index (χ3n) is 4.64. The molecule has 1 heterocycles. The van der Waals surface area contributed by atoms with E-state index in [0.29, 0.717) is 22.3 Å². The van der Waals surface area contributed by atoms with Crippen molar-refractivity contribution in [1.82, 2.24) is 9.66 Å². The molecule has 0 saturated carbocycles. The molecular weight excluding hydrogens is 506 g/mol. The van der Waals surface area contributed by atoms with E-state index >= 15 is 0 Å². The van der Waals surface area contributed by atoms with E-state index in [0.717, 1.165) is 4.47 Å². The van der Waals surface area contributed by atoms with Crippen molar-refractivity contribution in [2.75, 3.05) is 13.2 Å². The Morgan fingerprint density at radius 2 is 2.03 bits per heavy atom. The molecule has 0 radical (unpaired) electrons. The van der Waals surface area contributed by atoms with Crippen molar-refractivity contribution in [2.24, 2.45) is 5.10 Å². The van der Waals surface area contributed by atoms with Gasteiger partial charge in [0.2, 0.25) is 5.75 Å². The zero-order chi connectivity index (χ0) is 25.0. The van der Waals surface area contributed by atoms with Crippen molar-refractivity contribution >= 4 is 38.7 Å².